The SMILES string of the molecule is Cc1cc(Nc2nn(Cc3cccc(C(=O)O)c3)c(=O)c3ccccc23)n[nH]1. The molecule has 8 heteroatoms. The second kappa shape index (κ2) is 6.99. The predicted octanol–water partition coefficient (Wildman–Crippen LogP) is 2.92. The Balaban J connectivity index is 1.80. The third kappa shape index (κ3) is 3.35. The van der Waals surface area contributed by atoms with E-state index in [-0.39, 0.29) is 17.7 Å². The molecule has 0 fully saturated rings. The quantitative estimate of drug-likeness (QED) is 0.494. The minimum atomic E-state index is -1.02. The van der Waals surface area contributed by atoms with E-state index in [1.165, 1.54) is 16.8 Å². The van der Waals surface area contributed by atoms with E-state index >= 15 is 0 Å². The molecule has 0 saturated carbocycles. The molecule has 0 radical (unpaired) electrons. The van der Waals surface area contributed by atoms with E-state index in [1.54, 1.807) is 24.3 Å². The highest BCUT2D eigenvalue weighted by molar-refractivity contribution is 5.92. The van der Waals surface area contributed by atoms with Gasteiger partial charge < -0.3 is 10.4 Å². The Labute approximate surface area is 159 Å². The van der Waals surface area contributed by atoms with Crippen molar-refractivity contribution in [3.63, 3.8) is 0 Å². The van der Waals surface area contributed by atoms with Crippen LogP contribution in [0.5, 0.6) is 0 Å². The van der Waals surface area contributed by atoms with Crippen LogP contribution in [0, 0.1) is 6.92 Å². The molecule has 4 rings (SSSR count). The van der Waals surface area contributed by atoms with Crippen molar-refractivity contribution in [2.75, 3.05) is 5.32 Å². The highest BCUT2D eigenvalue weighted by atomic mass is 16.4. The monoisotopic (exact) mass is 375 g/mol. The van der Waals surface area contributed by atoms with E-state index in [0.717, 1.165) is 5.69 Å². The van der Waals surface area contributed by atoms with Crippen LogP contribution in [0.2, 0.25) is 0 Å². The molecule has 28 heavy (non-hydrogen) atoms. The maximum absolute atomic E-state index is 12.9. The van der Waals surface area contributed by atoms with Crippen LogP contribution in [-0.2, 0) is 6.54 Å². The zero-order valence-corrected chi connectivity index (χ0v) is 15.0. The molecule has 0 spiro atoms. The lowest BCUT2D eigenvalue weighted by Gasteiger charge is -2.12. The maximum atomic E-state index is 12.9. The summed E-state index contributed by atoms with van der Waals surface area (Å²) < 4.78 is 1.32. The Hall–Kier alpha value is -3.94. The van der Waals surface area contributed by atoms with Crippen molar-refractivity contribution in [1.29, 1.82) is 0 Å². The van der Waals surface area contributed by atoms with Crippen molar-refractivity contribution in [2.24, 2.45) is 0 Å². The summed E-state index contributed by atoms with van der Waals surface area (Å²) in [5.74, 6) is 0.0706. The number of H-pyrrole nitrogens is 1. The molecule has 0 unspecified atom stereocenters. The first-order valence-corrected chi connectivity index (χ1v) is 8.62. The third-order valence-corrected chi connectivity index (χ3v) is 4.33. The Morgan fingerprint density at radius 1 is 1.14 bits per heavy atom. The van der Waals surface area contributed by atoms with Gasteiger partial charge in [0.05, 0.1) is 17.5 Å². The van der Waals surface area contributed by atoms with Crippen LogP contribution in [0.15, 0.2) is 59.4 Å². The highest BCUT2D eigenvalue weighted by Gasteiger charge is 2.12. The van der Waals surface area contributed by atoms with Crippen LogP contribution >= 0.6 is 0 Å². The Morgan fingerprint density at radius 2 is 1.93 bits per heavy atom. The normalized spacial score (nSPS) is 10.9. The number of benzene rings is 2. The number of hydrogen-bond donors (Lipinski definition) is 3. The predicted molar refractivity (Wildman–Crippen MR) is 105 cm³/mol. The summed E-state index contributed by atoms with van der Waals surface area (Å²) in [6.07, 6.45) is 0. The standard InChI is InChI=1S/C20H17N5O3/c1-12-9-17(23-22-12)21-18-15-7-2-3-8-16(15)19(26)25(24-18)11-13-5-4-6-14(10-13)20(27)28/h2-10H,11H2,1H3,(H,27,28)(H2,21,22,23,24). The van der Waals surface area contributed by atoms with Gasteiger partial charge in [-0.05, 0) is 30.7 Å². The second-order valence-corrected chi connectivity index (χ2v) is 6.42. The molecule has 2 aromatic carbocycles. The number of nitrogens with one attached hydrogen (secondary N) is 2. The van der Waals surface area contributed by atoms with Gasteiger partial charge in [0, 0.05) is 17.1 Å². The molecule has 2 aromatic heterocycles. The number of nitrogens with zero attached hydrogens (tertiary/aromatic N) is 3. The number of aromatic carboxylic acids is 1. The van der Waals surface area contributed by atoms with Gasteiger partial charge in [-0.15, -0.1) is 0 Å². The fraction of sp³-hybridized carbons (Fsp3) is 0.100. The van der Waals surface area contributed by atoms with Gasteiger partial charge in [-0.2, -0.15) is 10.2 Å². The van der Waals surface area contributed by atoms with Crippen LogP contribution in [0.4, 0.5) is 11.6 Å². The number of rotatable bonds is 5. The van der Waals surface area contributed by atoms with E-state index in [1.807, 2.05) is 25.1 Å². The van der Waals surface area contributed by atoms with Gasteiger partial charge in [0.1, 0.15) is 0 Å². The van der Waals surface area contributed by atoms with Gasteiger partial charge in [-0.3, -0.25) is 9.89 Å². The van der Waals surface area contributed by atoms with Crippen molar-refractivity contribution in [2.45, 2.75) is 13.5 Å². The topological polar surface area (TPSA) is 113 Å². The van der Waals surface area contributed by atoms with Gasteiger partial charge in [0.2, 0.25) is 0 Å². The van der Waals surface area contributed by atoms with Crippen LogP contribution < -0.4 is 10.9 Å². The number of carbonyl (C=O) groups is 1. The summed E-state index contributed by atoms with van der Waals surface area (Å²) in [6, 6.07) is 15.5. The lowest BCUT2D eigenvalue weighted by molar-refractivity contribution is 0.0696. The molecule has 0 aliphatic rings. The van der Waals surface area contributed by atoms with Gasteiger partial charge >= 0.3 is 5.97 Å². The number of carboxylic acid groups (broad SMARTS) is 1. The van der Waals surface area contributed by atoms with Crippen molar-refractivity contribution < 1.29 is 9.90 Å². The lowest BCUT2D eigenvalue weighted by atomic mass is 10.1. The fourth-order valence-corrected chi connectivity index (χ4v) is 3.01. The molecular weight excluding hydrogens is 358 g/mol. The fourth-order valence-electron chi connectivity index (χ4n) is 3.01. The van der Waals surface area contributed by atoms with Gasteiger partial charge in [0.15, 0.2) is 11.6 Å². The Kier molecular flexibility index (Phi) is 4.36. The minimum Gasteiger partial charge on any atom is -0.478 e. The number of aromatic nitrogens is 4. The molecule has 0 bridgehead atoms. The molecule has 0 aliphatic carbocycles. The summed E-state index contributed by atoms with van der Waals surface area (Å²) in [6.45, 7) is 2.04. The van der Waals surface area contributed by atoms with Crippen molar-refractivity contribution in [3.05, 3.63) is 81.8 Å². The van der Waals surface area contributed by atoms with E-state index in [9.17, 15) is 14.7 Å². The zero-order valence-electron chi connectivity index (χ0n) is 15.0. The first-order valence-electron chi connectivity index (χ1n) is 8.62. The first kappa shape index (κ1) is 17.5. The average molecular weight is 375 g/mol. The number of hydrogen-bond acceptors (Lipinski definition) is 5. The van der Waals surface area contributed by atoms with Gasteiger partial charge in [-0.1, -0.05) is 30.3 Å². The van der Waals surface area contributed by atoms with Crippen LogP contribution in [-0.4, -0.2) is 31.1 Å². The average Bonchev–Trinajstić information content (AvgIpc) is 3.10. The van der Waals surface area contributed by atoms with Gasteiger partial charge in [0.25, 0.3) is 5.56 Å². The van der Waals surface area contributed by atoms with Crippen molar-refractivity contribution >= 4 is 28.4 Å². The van der Waals surface area contributed by atoms with Crippen molar-refractivity contribution in [1.82, 2.24) is 20.0 Å². The second-order valence-electron chi connectivity index (χ2n) is 6.42. The number of aromatic amines is 1. The van der Waals surface area contributed by atoms with Crippen LogP contribution in [0.3, 0.4) is 0 Å². The highest BCUT2D eigenvalue weighted by Crippen LogP contribution is 2.21. The maximum Gasteiger partial charge on any atom is 0.335 e. The summed E-state index contributed by atoms with van der Waals surface area (Å²) in [5.41, 5.74) is 1.48. The van der Waals surface area contributed by atoms with Crippen LogP contribution in [0.1, 0.15) is 21.6 Å². The number of fused-ring (bicyclic) bond motifs is 1. The molecule has 140 valence electrons. The minimum absolute atomic E-state index is 0.152. The zero-order chi connectivity index (χ0) is 19.7. The summed E-state index contributed by atoms with van der Waals surface area (Å²) >= 11 is 0. The summed E-state index contributed by atoms with van der Waals surface area (Å²) in [5, 5.41) is 25.0. The van der Waals surface area contributed by atoms with E-state index in [2.05, 4.69) is 20.6 Å². The molecule has 0 atom stereocenters. The van der Waals surface area contributed by atoms with E-state index in [0.29, 0.717) is 28.0 Å². The molecular formula is C20H17N5O3. The molecule has 8 nitrogen and oxygen atoms in total. The van der Waals surface area contributed by atoms with E-state index < -0.39 is 5.97 Å². The third-order valence-electron chi connectivity index (χ3n) is 4.33. The Bertz CT molecular complexity index is 1240. The molecule has 3 N–H and O–H groups in total. The van der Waals surface area contributed by atoms with Crippen LogP contribution in [0.25, 0.3) is 10.8 Å². The van der Waals surface area contributed by atoms with Crippen molar-refractivity contribution in [3.8, 4) is 0 Å². The molecule has 0 saturated heterocycles. The number of anilines is 2. The summed E-state index contributed by atoms with van der Waals surface area (Å²) in [4.78, 5) is 24.1. The molecule has 4 aromatic rings. The van der Waals surface area contributed by atoms with E-state index in [4.69, 9.17) is 0 Å². The number of carboxylic acids is 1. The molecule has 2 heterocycles. The number of aryl methyl sites for hydroxylation is 1. The van der Waals surface area contributed by atoms with Gasteiger partial charge in [-0.25, -0.2) is 9.48 Å². The Morgan fingerprint density at radius 3 is 2.64 bits per heavy atom. The molecule has 0 amide bonds. The first-order chi connectivity index (χ1) is 13.5. The smallest absolute Gasteiger partial charge is 0.335 e. The summed E-state index contributed by atoms with van der Waals surface area (Å²) in [7, 11) is 0. The lowest BCUT2D eigenvalue weighted by Crippen LogP contribution is -2.24. The molecule has 0 aliphatic heterocycles. The largest absolute Gasteiger partial charge is 0.478 e.